The van der Waals surface area contributed by atoms with Gasteiger partial charge in [-0.15, -0.1) is 0 Å². The zero-order valence-electron chi connectivity index (χ0n) is 13.9. The lowest BCUT2D eigenvalue weighted by Gasteiger charge is -2.06. The second-order valence-electron chi connectivity index (χ2n) is 5.74. The van der Waals surface area contributed by atoms with E-state index in [-0.39, 0.29) is 12.3 Å². The van der Waals surface area contributed by atoms with Gasteiger partial charge in [0.2, 0.25) is 5.91 Å². The van der Waals surface area contributed by atoms with Crippen LogP contribution in [0.15, 0.2) is 72.8 Å². The third-order valence-electron chi connectivity index (χ3n) is 3.84. The molecule has 0 aliphatic heterocycles. The summed E-state index contributed by atoms with van der Waals surface area (Å²) in [7, 11) is 0. The van der Waals surface area contributed by atoms with Gasteiger partial charge in [-0.05, 0) is 40.1 Å². The average Bonchev–Trinajstić information content (AvgIpc) is 2.66. The van der Waals surface area contributed by atoms with E-state index in [1.807, 2.05) is 42.5 Å². The molecule has 0 unspecified atom stereocenters. The Morgan fingerprint density at radius 1 is 0.885 bits per heavy atom. The predicted octanol–water partition coefficient (Wildman–Crippen LogP) is 3.90. The van der Waals surface area contributed by atoms with Crippen LogP contribution < -0.4 is 10.9 Å². The van der Waals surface area contributed by atoms with E-state index in [1.165, 1.54) is 6.08 Å². The second kappa shape index (κ2) is 8.32. The van der Waals surface area contributed by atoms with Gasteiger partial charge in [-0.25, -0.2) is 0 Å². The summed E-state index contributed by atoms with van der Waals surface area (Å²) in [4.78, 5) is 23.8. The van der Waals surface area contributed by atoms with Crippen molar-refractivity contribution in [3.05, 3.63) is 89.0 Å². The highest BCUT2D eigenvalue weighted by molar-refractivity contribution is 6.30. The first kappa shape index (κ1) is 17.7. The molecule has 0 heterocycles. The van der Waals surface area contributed by atoms with Crippen LogP contribution in [0.5, 0.6) is 0 Å². The highest BCUT2D eigenvalue weighted by Crippen LogP contribution is 2.19. The Balaban J connectivity index is 1.55. The molecule has 4 nitrogen and oxygen atoms in total. The molecule has 0 saturated carbocycles. The average molecular weight is 365 g/mol. The fourth-order valence-electron chi connectivity index (χ4n) is 2.57. The van der Waals surface area contributed by atoms with Crippen molar-refractivity contribution in [1.82, 2.24) is 10.9 Å². The SMILES string of the molecule is O=C(C=Cc1cccc2ccccc12)NNC(=O)Cc1ccc(Cl)cc1. The lowest BCUT2D eigenvalue weighted by molar-refractivity contribution is -0.126. The summed E-state index contributed by atoms with van der Waals surface area (Å²) in [6, 6.07) is 20.8. The molecule has 0 aliphatic rings. The minimum atomic E-state index is -0.401. The van der Waals surface area contributed by atoms with Crippen molar-refractivity contribution in [1.29, 1.82) is 0 Å². The van der Waals surface area contributed by atoms with Gasteiger partial charge in [-0.1, -0.05) is 66.2 Å². The van der Waals surface area contributed by atoms with Crippen molar-refractivity contribution in [2.24, 2.45) is 0 Å². The molecule has 26 heavy (non-hydrogen) atoms. The number of carbonyl (C=O) groups excluding carboxylic acids is 2. The molecule has 0 radical (unpaired) electrons. The molecule has 2 N–H and O–H groups in total. The molecule has 3 rings (SSSR count). The number of nitrogens with one attached hydrogen (secondary N) is 2. The molecular weight excluding hydrogens is 348 g/mol. The normalized spacial score (nSPS) is 10.8. The lowest BCUT2D eigenvalue weighted by Crippen LogP contribution is -2.41. The summed E-state index contributed by atoms with van der Waals surface area (Å²) in [5.41, 5.74) is 6.53. The van der Waals surface area contributed by atoms with Crippen LogP contribution in [0.2, 0.25) is 5.02 Å². The largest absolute Gasteiger partial charge is 0.273 e. The van der Waals surface area contributed by atoms with Gasteiger partial charge in [-0.2, -0.15) is 0 Å². The summed E-state index contributed by atoms with van der Waals surface area (Å²) < 4.78 is 0. The fourth-order valence-corrected chi connectivity index (χ4v) is 2.69. The van der Waals surface area contributed by atoms with Gasteiger partial charge in [0.25, 0.3) is 5.91 Å². The number of hydrogen-bond acceptors (Lipinski definition) is 2. The van der Waals surface area contributed by atoms with E-state index in [1.54, 1.807) is 30.3 Å². The van der Waals surface area contributed by atoms with E-state index in [2.05, 4.69) is 10.9 Å². The van der Waals surface area contributed by atoms with Crippen LogP contribution in [-0.4, -0.2) is 11.8 Å². The van der Waals surface area contributed by atoms with Gasteiger partial charge in [0, 0.05) is 11.1 Å². The molecule has 0 saturated heterocycles. The summed E-state index contributed by atoms with van der Waals surface area (Å²) in [6.07, 6.45) is 3.28. The van der Waals surface area contributed by atoms with Gasteiger partial charge in [-0.3, -0.25) is 20.4 Å². The molecule has 130 valence electrons. The first-order valence-electron chi connectivity index (χ1n) is 8.11. The van der Waals surface area contributed by atoms with Crippen molar-refractivity contribution in [3.8, 4) is 0 Å². The van der Waals surface area contributed by atoms with Crippen LogP contribution in [0.3, 0.4) is 0 Å². The molecule has 0 spiro atoms. The monoisotopic (exact) mass is 364 g/mol. The molecular formula is C21H17ClN2O2. The lowest BCUT2D eigenvalue weighted by atomic mass is 10.0. The topological polar surface area (TPSA) is 58.2 Å². The molecule has 3 aromatic rings. The maximum Gasteiger partial charge on any atom is 0.262 e. The standard InChI is InChI=1S/C21H17ClN2O2/c22-18-11-8-15(9-12-18)14-21(26)24-23-20(25)13-10-17-6-3-5-16-4-1-2-7-19(16)17/h1-13H,14H2,(H,23,25)(H,24,26). The van der Waals surface area contributed by atoms with E-state index in [0.29, 0.717) is 5.02 Å². The van der Waals surface area contributed by atoms with Crippen LogP contribution in [0.25, 0.3) is 16.8 Å². The summed E-state index contributed by atoms with van der Waals surface area (Å²) in [5.74, 6) is -0.707. The molecule has 0 fully saturated rings. The minimum absolute atomic E-state index is 0.157. The molecule has 5 heteroatoms. The Morgan fingerprint density at radius 3 is 2.42 bits per heavy atom. The fraction of sp³-hybridized carbons (Fsp3) is 0.0476. The number of benzene rings is 3. The molecule has 0 bridgehead atoms. The Kier molecular flexibility index (Phi) is 5.66. The van der Waals surface area contributed by atoms with Gasteiger partial charge in [0.15, 0.2) is 0 Å². The molecule has 0 aliphatic carbocycles. The zero-order valence-corrected chi connectivity index (χ0v) is 14.7. The van der Waals surface area contributed by atoms with Crippen LogP contribution in [-0.2, 0) is 16.0 Å². The van der Waals surface area contributed by atoms with Gasteiger partial charge in [0.1, 0.15) is 0 Å². The van der Waals surface area contributed by atoms with Gasteiger partial charge < -0.3 is 0 Å². The number of hydrazine groups is 1. The van der Waals surface area contributed by atoms with E-state index >= 15 is 0 Å². The third-order valence-corrected chi connectivity index (χ3v) is 4.09. The second-order valence-corrected chi connectivity index (χ2v) is 6.18. The van der Waals surface area contributed by atoms with Crippen LogP contribution in [0.4, 0.5) is 0 Å². The summed E-state index contributed by atoms with van der Waals surface area (Å²) >= 11 is 5.81. The first-order chi connectivity index (χ1) is 12.6. The number of fused-ring (bicyclic) bond motifs is 1. The Bertz CT molecular complexity index is 960. The van der Waals surface area contributed by atoms with E-state index in [4.69, 9.17) is 11.6 Å². The smallest absolute Gasteiger partial charge is 0.262 e. The molecule has 2 amide bonds. The number of rotatable bonds is 4. The third kappa shape index (κ3) is 4.71. The Morgan fingerprint density at radius 2 is 1.62 bits per heavy atom. The number of amides is 2. The van der Waals surface area contributed by atoms with Gasteiger partial charge in [0.05, 0.1) is 6.42 Å². The predicted molar refractivity (Wildman–Crippen MR) is 104 cm³/mol. The summed E-state index contributed by atoms with van der Waals surface area (Å²) in [5, 5.41) is 2.78. The van der Waals surface area contributed by atoms with Crippen LogP contribution in [0.1, 0.15) is 11.1 Å². The van der Waals surface area contributed by atoms with Crippen LogP contribution in [0, 0.1) is 0 Å². The van der Waals surface area contributed by atoms with E-state index < -0.39 is 5.91 Å². The molecule has 0 atom stereocenters. The van der Waals surface area contributed by atoms with Crippen molar-refractivity contribution in [3.63, 3.8) is 0 Å². The number of hydrogen-bond donors (Lipinski definition) is 2. The maximum absolute atomic E-state index is 11.9. The number of halogens is 1. The molecule has 0 aromatic heterocycles. The Hall–Kier alpha value is -3.11. The highest BCUT2D eigenvalue weighted by Gasteiger charge is 2.04. The van der Waals surface area contributed by atoms with E-state index in [0.717, 1.165) is 21.9 Å². The van der Waals surface area contributed by atoms with Crippen molar-refractivity contribution in [2.45, 2.75) is 6.42 Å². The zero-order chi connectivity index (χ0) is 18.4. The Labute approximate surface area is 156 Å². The van der Waals surface area contributed by atoms with Crippen molar-refractivity contribution >= 4 is 40.3 Å². The van der Waals surface area contributed by atoms with Crippen LogP contribution >= 0.6 is 11.6 Å². The first-order valence-corrected chi connectivity index (χ1v) is 8.49. The van der Waals surface area contributed by atoms with Crippen molar-refractivity contribution in [2.75, 3.05) is 0 Å². The highest BCUT2D eigenvalue weighted by atomic mass is 35.5. The maximum atomic E-state index is 11.9. The quantitative estimate of drug-likeness (QED) is 0.545. The number of carbonyl (C=O) groups is 2. The molecule has 3 aromatic carbocycles. The minimum Gasteiger partial charge on any atom is -0.273 e. The van der Waals surface area contributed by atoms with E-state index in [9.17, 15) is 9.59 Å². The van der Waals surface area contributed by atoms with Gasteiger partial charge >= 0.3 is 0 Å². The van der Waals surface area contributed by atoms with Crippen molar-refractivity contribution < 1.29 is 9.59 Å². The summed E-state index contributed by atoms with van der Waals surface area (Å²) in [6.45, 7) is 0.